The topological polar surface area (TPSA) is 234 Å². The van der Waals surface area contributed by atoms with Crippen LogP contribution < -0.4 is 27.4 Å². The molecular formula is C16H29N5O8. The van der Waals surface area contributed by atoms with Crippen LogP contribution in [-0.4, -0.2) is 82.3 Å². The zero-order chi connectivity index (χ0) is 22.7. The van der Waals surface area contributed by atoms with E-state index in [2.05, 4.69) is 10.6 Å². The minimum atomic E-state index is -1.65. The summed E-state index contributed by atoms with van der Waals surface area (Å²) in [5.41, 5.74) is 10.8. The molecule has 0 aromatic carbocycles. The van der Waals surface area contributed by atoms with Gasteiger partial charge < -0.3 is 42.7 Å². The third-order valence-electron chi connectivity index (χ3n) is 3.71. The van der Waals surface area contributed by atoms with E-state index in [1.807, 2.05) is 19.2 Å². The molecule has 0 rings (SSSR count). The molecule has 4 unspecified atom stereocenters. The van der Waals surface area contributed by atoms with E-state index in [1.165, 1.54) is 0 Å². The number of carboxylic acids is 1. The van der Waals surface area contributed by atoms with Crippen LogP contribution in [0.15, 0.2) is 0 Å². The van der Waals surface area contributed by atoms with Gasteiger partial charge in [0.2, 0.25) is 23.6 Å². The van der Waals surface area contributed by atoms with Gasteiger partial charge in [0.15, 0.2) is 0 Å². The molecule has 29 heavy (non-hydrogen) atoms. The van der Waals surface area contributed by atoms with E-state index in [9.17, 15) is 29.1 Å². The molecule has 13 heteroatoms. The lowest BCUT2D eigenvalue weighted by Crippen LogP contribution is -2.59. The molecule has 0 saturated carbocycles. The van der Waals surface area contributed by atoms with E-state index in [1.54, 1.807) is 0 Å². The Morgan fingerprint density at radius 1 is 0.828 bits per heavy atom. The second-order valence-electron chi connectivity index (χ2n) is 6.79. The summed E-state index contributed by atoms with van der Waals surface area (Å²) in [5, 5.41) is 33.3. The minimum Gasteiger partial charge on any atom is -0.480 e. The van der Waals surface area contributed by atoms with Crippen molar-refractivity contribution in [3.8, 4) is 0 Å². The number of aliphatic hydroxyl groups excluding tert-OH is 2. The van der Waals surface area contributed by atoms with E-state index in [0.29, 0.717) is 6.42 Å². The highest BCUT2D eigenvalue weighted by molar-refractivity contribution is 5.96. The summed E-state index contributed by atoms with van der Waals surface area (Å²) >= 11 is 0. The van der Waals surface area contributed by atoms with Crippen LogP contribution in [0.3, 0.4) is 0 Å². The highest BCUT2D eigenvalue weighted by atomic mass is 16.4. The van der Waals surface area contributed by atoms with Crippen LogP contribution >= 0.6 is 0 Å². The molecule has 0 radical (unpaired) electrons. The monoisotopic (exact) mass is 419 g/mol. The normalized spacial score (nSPS) is 15.0. The van der Waals surface area contributed by atoms with Gasteiger partial charge in [0.1, 0.15) is 18.1 Å². The molecule has 13 nitrogen and oxygen atoms in total. The van der Waals surface area contributed by atoms with Gasteiger partial charge in [-0.2, -0.15) is 0 Å². The number of hydrogen-bond donors (Lipinski definition) is 8. The predicted octanol–water partition coefficient (Wildman–Crippen LogP) is -4.24. The van der Waals surface area contributed by atoms with Crippen molar-refractivity contribution in [3.63, 3.8) is 0 Å². The molecule has 4 amide bonds. The lowest BCUT2D eigenvalue weighted by atomic mass is 10.0. The molecule has 166 valence electrons. The van der Waals surface area contributed by atoms with Crippen molar-refractivity contribution in [2.24, 2.45) is 17.4 Å². The Kier molecular flexibility index (Phi) is 11.4. The number of rotatable bonds is 13. The molecule has 0 aliphatic heterocycles. The van der Waals surface area contributed by atoms with E-state index >= 15 is 0 Å². The molecule has 0 saturated heterocycles. The summed E-state index contributed by atoms with van der Waals surface area (Å²) in [4.78, 5) is 58.6. The number of aliphatic hydroxyl groups is 2. The maximum absolute atomic E-state index is 12.4. The Morgan fingerprint density at radius 3 is 1.69 bits per heavy atom. The molecular weight excluding hydrogens is 390 g/mol. The van der Waals surface area contributed by atoms with Crippen LogP contribution in [0.2, 0.25) is 0 Å². The Labute approximate surface area is 167 Å². The summed E-state index contributed by atoms with van der Waals surface area (Å²) in [6.07, 6.45) is -0.281. The summed E-state index contributed by atoms with van der Waals surface area (Å²) < 4.78 is 0. The number of hydrogen-bond acceptors (Lipinski definition) is 8. The van der Waals surface area contributed by atoms with E-state index in [4.69, 9.17) is 21.7 Å². The first-order chi connectivity index (χ1) is 13.4. The molecule has 10 N–H and O–H groups in total. The molecule has 0 spiro atoms. The molecule has 0 fully saturated rings. The van der Waals surface area contributed by atoms with Gasteiger partial charge in [-0.25, -0.2) is 4.79 Å². The van der Waals surface area contributed by atoms with Crippen molar-refractivity contribution in [3.05, 3.63) is 0 Å². The Bertz CT molecular complexity index is 612. The number of carbonyl (C=O) groups is 5. The molecule has 0 bridgehead atoms. The zero-order valence-electron chi connectivity index (χ0n) is 16.3. The molecule has 0 heterocycles. The molecule has 0 aliphatic carbocycles. The van der Waals surface area contributed by atoms with E-state index < -0.39 is 73.4 Å². The number of amides is 4. The van der Waals surface area contributed by atoms with E-state index in [-0.39, 0.29) is 5.92 Å². The van der Waals surface area contributed by atoms with Gasteiger partial charge in [-0.1, -0.05) is 13.8 Å². The van der Waals surface area contributed by atoms with Crippen molar-refractivity contribution in [2.45, 2.75) is 50.9 Å². The van der Waals surface area contributed by atoms with Crippen molar-refractivity contribution < 1.29 is 39.3 Å². The summed E-state index contributed by atoms with van der Waals surface area (Å²) in [6, 6.07) is -5.67. The van der Waals surface area contributed by atoms with Crippen LogP contribution in [0.5, 0.6) is 0 Å². The first-order valence-electron chi connectivity index (χ1n) is 8.82. The second kappa shape index (κ2) is 12.6. The highest BCUT2D eigenvalue weighted by Crippen LogP contribution is 2.04. The second-order valence-corrected chi connectivity index (χ2v) is 6.79. The number of nitrogens with two attached hydrogens (primary N) is 2. The average Bonchev–Trinajstić information content (AvgIpc) is 2.61. The van der Waals surface area contributed by atoms with Gasteiger partial charge in [-0.15, -0.1) is 0 Å². The Hall–Kier alpha value is -2.77. The Morgan fingerprint density at radius 2 is 1.28 bits per heavy atom. The predicted molar refractivity (Wildman–Crippen MR) is 98.8 cm³/mol. The molecule has 0 aromatic heterocycles. The number of nitrogens with one attached hydrogen (secondary N) is 3. The van der Waals surface area contributed by atoms with Crippen LogP contribution in [-0.2, 0) is 24.0 Å². The lowest BCUT2D eigenvalue weighted by molar-refractivity contribution is -0.143. The Balaban J connectivity index is 5.18. The third-order valence-corrected chi connectivity index (χ3v) is 3.71. The SMILES string of the molecule is CC(C)CC(N)C(=O)NC(CC(N)=O)C(=O)NC(CO)C(=O)NC(CO)C(=O)O. The summed E-state index contributed by atoms with van der Waals surface area (Å²) in [6.45, 7) is 1.84. The van der Waals surface area contributed by atoms with Crippen LogP contribution in [0.1, 0.15) is 26.7 Å². The van der Waals surface area contributed by atoms with Crippen LogP contribution in [0.4, 0.5) is 0 Å². The fourth-order valence-corrected chi connectivity index (χ4v) is 2.23. The maximum atomic E-state index is 12.4. The maximum Gasteiger partial charge on any atom is 0.328 e. The third kappa shape index (κ3) is 9.82. The molecule has 0 aliphatic rings. The minimum absolute atomic E-state index is 0.0929. The fraction of sp³-hybridized carbons (Fsp3) is 0.688. The van der Waals surface area contributed by atoms with Gasteiger partial charge in [0.05, 0.1) is 25.7 Å². The van der Waals surface area contributed by atoms with Gasteiger partial charge >= 0.3 is 5.97 Å². The largest absolute Gasteiger partial charge is 0.480 e. The zero-order valence-corrected chi connectivity index (χ0v) is 16.3. The van der Waals surface area contributed by atoms with Gasteiger partial charge in [0, 0.05) is 0 Å². The van der Waals surface area contributed by atoms with E-state index in [0.717, 1.165) is 0 Å². The van der Waals surface area contributed by atoms with Crippen LogP contribution in [0.25, 0.3) is 0 Å². The standard InChI is InChI=1S/C16H29N5O8/c1-7(2)3-8(17)13(25)19-9(4-12(18)24)14(26)20-10(5-22)15(27)21-11(6-23)16(28)29/h7-11,22-23H,3-6,17H2,1-2H3,(H2,18,24)(H,19,25)(H,20,26)(H,21,27)(H,28,29). The summed E-state index contributed by atoms with van der Waals surface area (Å²) in [7, 11) is 0. The number of carboxylic acid groups (broad SMARTS) is 1. The van der Waals surface area contributed by atoms with Crippen molar-refractivity contribution in [1.82, 2.24) is 16.0 Å². The van der Waals surface area contributed by atoms with Crippen molar-refractivity contribution in [1.29, 1.82) is 0 Å². The van der Waals surface area contributed by atoms with Gasteiger partial charge in [-0.05, 0) is 12.3 Å². The quantitative estimate of drug-likeness (QED) is 0.144. The smallest absolute Gasteiger partial charge is 0.328 e. The molecule has 4 atom stereocenters. The number of aliphatic carboxylic acids is 1. The lowest BCUT2D eigenvalue weighted by Gasteiger charge is -2.23. The first kappa shape index (κ1) is 26.2. The average molecular weight is 419 g/mol. The number of carbonyl (C=O) groups excluding carboxylic acids is 4. The van der Waals surface area contributed by atoms with Gasteiger partial charge in [0.25, 0.3) is 0 Å². The first-order valence-corrected chi connectivity index (χ1v) is 8.82. The molecule has 0 aromatic rings. The van der Waals surface area contributed by atoms with Crippen LogP contribution in [0, 0.1) is 5.92 Å². The van der Waals surface area contributed by atoms with Gasteiger partial charge in [-0.3, -0.25) is 19.2 Å². The van der Waals surface area contributed by atoms with Crippen molar-refractivity contribution >= 4 is 29.6 Å². The van der Waals surface area contributed by atoms with Crippen molar-refractivity contribution in [2.75, 3.05) is 13.2 Å². The highest BCUT2D eigenvalue weighted by Gasteiger charge is 2.30. The fourth-order valence-electron chi connectivity index (χ4n) is 2.23. The summed E-state index contributed by atoms with van der Waals surface area (Å²) in [5.74, 6) is -5.17. The number of primary amides is 1.